The van der Waals surface area contributed by atoms with Gasteiger partial charge in [-0.25, -0.2) is 0 Å². The molecular formula is C15H22N2O2. The summed E-state index contributed by atoms with van der Waals surface area (Å²) in [5.41, 5.74) is 2.74. The molecule has 0 aliphatic carbocycles. The summed E-state index contributed by atoms with van der Waals surface area (Å²) in [6.07, 6.45) is 0.979. The fourth-order valence-electron chi connectivity index (χ4n) is 2.36. The number of nitrogens with one attached hydrogen (secondary N) is 2. The highest BCUT2D eigenvalue weighted by molar-refractivity contribution is 6.00. The molecule has 2 N–H and O–H groups in total. The Morgan fingerprint density at radius 1 is 1.47 bits per heavy atom. The highest BCUT2D eigenvalue weighted by atomic mass is 16.5. The minimum Gasteiger partial charge on any atom is -0.385 e. The molecule has 2 unspecified atom stereocenters. The van der Waals surface area contributed by atoms with Crippen LogP contribution in [0.1, 0.15) is 36.2 Å². The number of rotatable bonds is 4. The van der Waals surface area contributed by atoms with Gasteiger partial charge >= 0.3 is 0 Å². The summed E-state index contributed by atoms with van der Waals surface area (Å²) >= 11 is 0. The highest BCUT2D eigenvalue weighted by Crippen LogP contribution is 2.19. The van der Waals surface area contributed by atoms with Gasteiger partial charge in [0.25, 0.3) is 5.91 Å². The Kier molecular flexibility index (Phi) is 4.43. The highest BCUT2D eigenvalue weighted by Gasteiger charge is 2.26. The van der Waals surface area contributed by atoms with E-state index in [1.807, 2.05) is 39.0 Å². The van der Waals surface area contributed by atoms with Crippen LogP contribution in [0, 0.1) is 6.92 Å². The molecule has 1 aliphatic heterocycles. The first-order valence-corrected chi connectivity index (χ1v) is 6.88. The molecule has 19 heavy (non-hydrogen) atoms. The van der Waals surface area contributed by atoms with E-state index >= 15 is 0 Å². The summed E-state index contributed by atoms with van der Waals surface area (Å²) in [6, 6.07) is 5.96. The molecule has 0 radical (unpaired) electrons. The van der Waals surface area contributed by atoms with E-state index in [4.69, 9.17) is 4.74 Å². The number of carbonyl (C=O) groups is 1. The quantitative estimate of drug-likeness (QED) is 0.875. The first kappa shape index (κ1) is 13.9. The molecule has 0 saturated carbocycles. The first-order chi connectivity index (χ1) is 9.11. The average Bonchev–Trinajstić information content (AvgIpc) is 2.75. The van der Waals surface area contributed by atoms with Crippen molar-refractivity contribution < 1.29 is 9.53 Å². The van der Waals surface area contributed by atoms with Gasteiger partial charge in [-0.15, -0.1) is 0 Å². The number of amides is 1. The second-order valence-corrected chi connectivity index (χ2v) is 5.02. The summed E-state index contributed by atoms with van der Waals surface area (Å²) in [4.78, 5) is 12.3. The zero-order chi connectivity index (χ0) is 13.8. The van der Waals surface area contributed by atoms with Gasteiger partial charge in [0.15, 0.2) is 0 Å². The Labute approximate surface area is 114 Å². The van der Waals surface area contributed by atoms with E-state index in [9.17, 15) is 4.79 Å². The molecule has 0 aromatic heterocycles. The third-order valence-corrected chi connectivity index (χ3v) is 3.48. The average molecular weight is 262 g/mol. The number of anilines is 1. The summed E-state index contributed by atoms with van der Waals surface area (Å²) in [5.74, 6) is -0.0294. The minimum atomic E-state index is -0.0294. The number of aryl methyl sites for hydroxylation is 1. The van der Waals surface area contributed by atoms with Crippen LogP contribution < -0.4 is 10.6 Å². The summed E-state index contributed by atoms with van der Waals surface area (Å²) in [5, 5.41) is 6.30. The van der Waals surface area contributed by atoms with Gasteiger partial charge in [0.05, 0.1) is 17.7 Å². The predicted octanol–water partition coefficient (Wildman–Crippen LogP) is 2.33. The molecule has 1 aromatic rings. The van der Waals surface area contributed by atoms with E-state index in [0.717, 1.165) is 30.8 Å². The van der Waals surface area contributed by atoms with Crippen molar-refractivity contribution in [3.05, 3.63) is 29.3 Å². The largest absolute Gasteiger partial charge is 0.385 e. The molecule has 1 heterocycles. The predicted molar refractivity (Wildman–Crippen MR) is 76.6 cm³/mol. The number of ether oxygens (including phenoxy) is 1. The van der Waals surface area contributed by atoms with Crippen LogP contribution in [-0.4, -0.2) is 31.2 Å². The van der Waals surface area contributed by atoms with Crippen LogP contribution in [-0.2, 0) is 4.74 Å². The van der Waals surface area contributed by atoms with Gasteiger partial charge in [-0.1, -0.05) is 6.07 Å². The molecule has 4 heteroatoms. The Morgan fingerprint density at radius 2 is 2.26 bits per heavy atom. The Hall–Kier alpha value is -1.55. The smallest absolute Gasteiger partial charge is 0.253 e. The van der Waals surface area contributed by atoms with E-state index < -0.39 is 0 Å². The van der Waals surface area contributed by atoms with Crippen LogP contribution in [0.3, 0.4) is 0 Å². The molecule has 1 aromatic carbocycles. The van der Waals surface area contributed by atoms with Gasteiger partial charge in [-0.3, -0.25) is 4.79 Å². The number of hydrogen-bond acceptors (Lipinski definition) is 3. The van der Waals surface area contributed by atoms with Crippen molar-refractivity contribution in [3.8, 4) is 0 Å². The van der Waals surface area contributed by atoms with Crippen LogP contribution in [0.2, 0.25) is 0 Å². The van der Waals surface area contributed by atoms with Crippen LogP contribution in [0.15, 0.2) is 18.2 Å². The van der Waals surface area contributed by atoms with Crippen molar-refractivity contribution in [2.45, 2.75) is 39.3 Å². The van der Waals surface area contributed by atoms with E-state index in [0.29, 0.717) is 5.56 Å². The summed E-state index contributed by atoms with van der Waals surface area (Å²) in [6.45, 7) is 7.57. The molecule has 1 aliphatic rings. The molecule has 0 spiro atoms. The molecule has 1 saturated heterocycles. The maximum absolute atomic E-state index is 12.3. The van der Waals surface area contributed by atoms with Gasteiger partial charge in [-0.05, 0) is 44.9 Å². The van der Waals surface area contributed by atoms with Crippen molar-refractivity contribution >= 4 is 11.6 Å². The number of carbonyl (C=O) groups excluding carboxylic acids is 1. The monoisotopic (exact) mass is 262 g/mol. The second kappa shape index (κ2) is 6.06. The molecular weight excluding hydrogens is 240 g/mol. The second-order valence-electron chi connectivity index (χ2n) is 5.02. The zero-order valence-electron chi connectivity index (χ0n) is 11.8. The lowest BCUT2D eigenvalue weighted by Gasteiger charge is -2.18. The van der Waals surface area contributed by atoms with Gasteiger partial charge in [0.2, 0.25) is 0 Å². The molecule has 1 amide bonds. The van der Waals surface area contributed by atoms with Gasteiger partial charge in [0.1, 0.15) is 0 Å². The van der Waals surface area contributed by atoms with Crippen LogP contribution in [0.25, 0.3) is 0 Å². The topological polar surface area (TPSA) is 50.4 Å². The fourth-order valence-corrected chi connectivity index (χ4v) is 2.36. The summed E-state index contributed by atoms with van der Waals surface area (Å²) in [7, 11) is 0. The minimum absolute atomic E-state index is 0.0294. The Bertz CT molecular complexity index is 459. The Balaban J connectivity index is 2.13. The van der Waals surface area contributed by atoms with E-state index in [2.05, 4.69) is 10.6 Å². The van der Waals surface area contributed by atoms with Crippen molar-refractivity contribution in [1.82, 2.24) is 5.32 Å². The lowest BCUT2D eigenvalue weighted by Crippen LogP contribution is -2.39. The standard InChI is InChI=1S/C15H22N2O2/c1-4-16-14-9-10(2)5-6-12(14)15(18)17-13-7-8-19-11(13)3/h5-6,9,11,13,16H,4,7-8H2,1-3H3,(H,17,18). The molecule has 1 fully saturated rings. The van der Waals surface area contributed by atoms with E-state index in [1.165, 1.54) is 0 Å². The van der Waals surface area contributed by atoms with Crippen molar-refractivity contribution in [3.63, 3.8) is 0 Å². The van der Waals surface area contributed by atoms with Crippen molar-refractivity contribution in [1.29, 1.82) is 0 Å². The first-order valence-electron chi connectivity index (χ1n) is 6.88. The molecule has 104 valence electrons. The molecule has 4 nitrogen and oxygen atoms in total. The van der Waals surface area contributed by atoms with Gasteiger partial charge < -0.3 is 15.4 Å². The van der Waals surface area contributed by atoms with Crippen LogP contribution in [0.4, 0.5) is 5.69 Å². The van der Waals surface area contributed by atoms with Crippen LogP contribution in [0.5, 0.6) is 0 Å². The third-order valence-electron chi connectivity index (χ3n) is 3.48. The molecule has 0 bridgehead atoms. The lowest BCUT2D eigenvalue weighted by molar-refractivity contribution is 0.0867. The zero-order valence-corrected chi connectivity index (χ0v) is 11.8. The maximum atomic E-state index is 12.3. The van der Waals surface area contributed by atoms with E-state index in [-0.39, 0.29) is 18.1 Å². The van der Waals surface area contributed by atoms with E-state index in [1.54, 1.807) is 0 Å². The SMILES string of the molecule is CCNc1cc(C)ccc1C(=O)NC1CCOC1C. The number of hydrogen-bond donors (Lipinski definition) is 2. The third kappa shape index (κ3) is 3.26. The summed E-state index contributed by atoms with van der Waals surface area (Å²) < 4.78 is 5.47. The fraction of sp³-hybridized carbons (Fsp3) is 0.533. The number of benzene rings is 1. The van der Waals surface area contributed by atoms with Crippen molar-refractivity contribution in [2.24, 2.45) is 0 Å². The molecule has 2 rings (SSSR count). The normalized spacial score (nSPS) is 22.3. The van der Waals surface area contributed by atoms with Crippen molar-refractivity contribution in [2.75, 3.05) is 18.5 Å². The van der Waals surface area contributed by atoms with Crippen LogP contribution >= 0.6 is 0 Å². The Morgan fingerprint density at radius 3 is 2.89 bits per heavy atom. The van der Waals surface area contributed by atoms with Gasteiger partial charge in [-0.2, -0.15) is 0 Å². The maximum Gasteiger partial charge on any atom is 0.253 e. The molecule has 2 atom stereocenters. The lowest BCUT2D eigenvalue weighted by atomic mass is 10.1. The van der Waals surface area contributed by atoms with Gasteiger partial charge in [0, 0.05) is 18.8 Å².